The number of rotatable bonds is 6. The van der Waals surface area contributed by atoms with Gasteiger partial charge < -0.3 is 10.6 Å². The van der Waals surface area contributed by atoms with Crippen LogP contribution in [0, 0.1) is 6.92 Å². The molecule has 1 aromatic carbocycles. The highest BCUT2D eigenvalue weighted by atomic mass is 127. The van der Waals surface area contributed by atoms with Crippen molar-refractivity contribution in [2.24, 2.45) is 4.99 Å². The van der Waals surface area contributed by atoms with Crippen molar-refractivity contribution in [1.82, 2.24) is 15.6 Å². The molecule has 0 atom stereocenters. The Balaban J connectivity index is 0.00000243. The average molecular weight is 464 g/mol. The third-order valence-corrected chi connectivity index (χ3v) is 4.98. The van der Waals surface area contributed by atoms with Gasteiger partial charge in [-0.1, -0.05) is 42.8 Å². The largest absolute Gasteiger partial charge is 0.357 e. The molecule has 0 radical (unpaired) electrons. The Labute approximate surface area is 173 Å². The van der Waals surface area contributed by atoms with Gasteiger partial charge in [0.25, 0.3) is 0 Å². The van der Waals surface area contributed by atoms with E-state index in [1.54, 1.807) is 0 Å². The lowest BCUT2D eigenvalue weighted by Gasteiger charge is -2.43. The summed E-state index contributed by atoms with van der Waals surface area (Å²) in [6, 6.07) is 16.9. The lowest BCUT2D eigenvalue weighted by molar-refractivity contribution is 0.244. The molecule has 0 saturated heterocycles. The SMILES string of the molecule is CCNC(=NCc1cccc(C)n1)NCC1(c2ccccc2)CCC1.I. The minimum atomic E-state index is 0. The number of aryl methyl sites for hydroxylation is 1. The fourth-order valence-electron chi connectivity index (χ4n) is 3.41. The Morgan fingerprint density at radius 1 is 1.08 bits per heavy atom. The molecule has 0 unspecified atom stereocenters. The lowest BCUT2D eigenvalue weighted by Crippen LogP contribution is -2.48. The topological polar surface area (TPSA) is 49.3 Å². The highest BCUT2D eigenvalue weighted by Crippen LogP contribution is 2.43. The van der Waals surface area contributed by atoms with E-state index in [1.165, 1.54) is 24.8 Å². The molecule has 4 nitrogen and oxygen atoms in total. The van der Waals surface area contributed by atoms with E-state index >= 15 is 0 Å². The quantitative estimate of drug-likeness (QED) is 0.383. The summed E-state index contributed by atoms with van der Waals surface area (Å²) in [6.07, 6.45) is 3.78. The number of aromatic nitrogens is 1. The highest BCUT2D eigenvalue weighted by Gasteiger charge is 2.38. The molecule has 0 amide bonds. The Kier molecular flexibility index (Phi) is 7.87. The molecule has 1 heterocycles. The summed E-state index contributed by atoms with van der Waals surface area (Å²) in [6.45, 7) is 6.47. The molecule has 3 rings (SSSR count). The van der Waals surface area contributed by atoms with Gasteiger partial charge in [-0.05, 0) is 44.4 Å². The van der Waals surface area contributed by atoms with Gasteiger partial charge in [-0.25, -0.2) is 4.99 Å². The van der Waals surface area contributed by atoms with Crippen LogP contribution in [0.5, 0.6) is 0 Å². The molecule has 2 N–H and O–H groups in total. The first kappa shape index (κ1) is 20.7. The molecule has 1 saturated carbocycles. The standard InChI is InChI=1S/C21H28N4.HI/c1-3-22-20(23-15-19-12-7-9-17(2)25-19)24-16-21(13-8-14-21)18-10-5-4-6-11-18;/h4-7,9-12H,3,8,13-16H2,1-2H3,(H2,22,23,24);1H. The minimum Gasteiger partial charge on any atom is -0.357 e. The van der Waals surface area contributed by atoms with Crippen LogP contribution in [0.2, 0.25) is 0 Å². The van der Waals surface area contributed by atoms with Crippen LogP contribution in [-0.2, 0) is 12.0 Å². The molecule has 0 aliphatic heterocycles. The third-order valence-electron chi connectivity index (χ3n) is 4.98. The van der Waals surface area contributed by atoms with Crippen molar-refractivity contribution < 1.29 is 0 Å². The summed E-state index contributed by atoms with van der Waals surface area (Å²) < 4.78 is 0. The fraction of sp³-hybridized carbons (Fsp3) is 0.429. The molecule has 0 bridgehead atoms. The highest BCUT2D eigenvalue weighted by molar-refractivity contribution is 14.0. The van der Waals surface area contributed by atoms with Gasteiger partial charge in [-0.2, -0.15) is 0 Å². The molecular weight excluding hydrogens is 435 g/mol. The van der Waals surface area contributed by atoms with Crippen LogP contribution in [0.4, 0.5) is 0 Å². The maximum Gasteiger partial charge on any atom is 0.191 e. The average Bonchev–Trinajstić information content (AvgIpc) is 2.59. The molecule has 1 aromatic heterocycles. The van der Waals surface area contributed by atoms with E-state index in [9.17, 15) is 0 Å². The summed E-state index contributed by atoms with van der Waals surface area (Å²) in [5.74, 6) is 0.869. The molecule has 1 fully saturated rings. The first-order valence-electron chi connectivity index (χ1n) is 9.22. The molecule has 2 aromatic rings. The van der Waals surface area contributed by atoms with E-state index in [-0.39, 0.29) is 29.4 Å². The zero-order valence-corrected chi connectivity index (χ0v) is 18.0. The van der Waals surface area contributed by atoms with Gasteiger partial charge in [0.2, 0.25) is 0 Å². The first-order valence-corrected chi connectivity index (χ1v) is 9.22. The van der Waals surface area contributed by atoms with Gasteiger partial charge in [0.05, 0.1) is 12.2 Å². The maximum absolute atomic E-state index is 4.71. The second-order valence-corrected chi connectivity index (χ2v) is 6.82. The van der Waals surface area contributed by atoms with E-state index in [2.05, 4.69) is 52.9 Å². The van der Waals surface area contributed by atoms with Crippen molar-refractivity contribution in [1.29, 1.82) is 0 Å². The lowest BCUT2D eigenvalue weighted by atomic mass is 9.64. The van der Waals surface area contributed by atoms with Gasteiger partial charge >= 0.3 is 0 Å². The number of benzene rings is 1. The van der Waals surface area contributed by atoms with Gasteiger partial charge in [0.15, 0.2) is 5.96 Å². The Morgan fingerprint density at radius 2 is 1.85 bits per heavy atom. The van der Waals surface area contributed by atoms with Crippen LogP contribution < -0.4 is 10.6 Å². The van der Waals surface area contributed by atoms with E-state index in [4.69, 9.17) is 4.99 Å². The van der Waals surface area contributed by atoms with Crippen molar-refractivity contribution >= 4 is 29.9 Å². The predicted octanol–water partition coefficient (Wildman–Crippen LogP) is 4.19. The summed E-state index contributed by atoms with van der Waals surface area (Å²) in [7, 11) is 0. The Hall–Kier alpha value is -1.63. The second-order valence-electron chi connectivity index (χ2n) is 6.82. The summed E-state index contributed by atoms with van der Waals surface area (Å²) in [5.41, 5.74) is 3.71. The molecular formula is C21H29IN4. The normalized spacial score (nSPS) is 15.5. The number of pyridine rings is 1. The number of nitrogens with zero attached hydrogens (tertiary/aromatic N) is 2. The minimum absolute atomic E-state index is 0. The zero-order valence-electron chi connectivity index (χ0n) is 15.7. The van der Waals surface area contributed by atoms with Gasteiger partial charge in [0.1, 0.15) is 0 Å². The summed E-state index contributed by atoms with van der Waals surface area (Å²) in [4.78, 5) is 9.24. The molecule has 0 spiro atoms. The Morgan fingerprint density at radius 3 is 2.46 bits per heavy atom. The smallest absolute Gasteiger partial charge is 0.191 e. The van der Waals surface area contributed by atoms with Gasteiger partial charge in [0, 0.05) is 24.2 Å². The third kappa shape index (κ3) is 5.19. The number of hydrogen-bond donors (Lipinski definition) is 2. The van der Waals surface area contributed by atoms with Crippen LogP contribution in [0.15, 0.2) is 53.5 Å². The number of nitrogens with one attached hydrogen (secondary N) is 2. The predicted molar refractivity (Wildman–Crippen MR) is 119 cm³/mol. The van der Waals surface area contributed by atoms with Crippen LogP contribution in [-0.4, -0.2) is 24.0 Å². The molecule has 5 heteroatoms. The summed E-state index contributed by atoms with van der Waals surface area (Å²) >= 11 is 0. The molecule has 1 aliphatic rings. The van der Waals surface area contributed by atoms with Crippen LogP contribution in [0.3, 0.4) is 0 Å². The van der Waals surface area contributed by atoms with Crippen molar-refractivity contribution in [3.05, 3.63) is 65.5 Å². The molecule has 1 aliphatic carbocycles. The van der Waals surface area contributed by atoms with Crippen LogP contribution >= 0.6 is 24.0 Å². The van der Waals surface area contributed by atoms with E-state index < -0.39 is 0 Å². The monoisotopic (exact) mass is 464 g/mol. The van der Waals surface area contributed by atoms with Crippen molar-refractivity contribution in [3.63, 3.8) is 0 Å². The molecule has 140 valence electrons. The number of guanidine groups is 1. The van der Waals surface area contributed by atoms with E-state index in [0.717, 1.165) is 30.4 Å². The van der Waals surface area contributed by atoms with Gasteiger partial charge in [-0.3, -0.25) is 4.98 Å². The van der Waals surface area contributed by atoms with Crippen molar-refractivity contribution in [2.75, 3.05) is 13.1 Å². The van der Waals surface area contributed by atoms with E-state index in [0.29, 0.717) is 6.54 Å². The Bertz CT molecular complexity index is 711. The number of hydrogen-bond acceptors (Lipinski definition) is 2. The number of halogens is 1. The second kappa shape index (κ2) is 9.90. The van der Waals surface area contributed by atoms with E-state index in [1.807, 2.05) is 25.1 Å². The van der Waals surface area contributed by atoms with Crippen molar-refractivity contribution in [3.8, 4) is 0 Å². The zero-order chi connectivity index (χ0) is 17.5. The van der Waals surface area contributed by atoms with Crippen molar-refractivity contribution in [2.45, 2.75) is 45.1 Å². The molecule has 26 heavy (non-hydrogen) atoms. The summed E-state index contributed by atoms with van der Waals surface area (Å²) in [5, 5.41) is 6.91. The maximum atomic E-state index is 4.71. The van der Waals surface area contributed by atoms with Crippen LogP contribution in [0.1, 0.15) is 43.1 Å². The fourth-order valence-corrected chi connectivity index (χ4v) is 3.41. The van der Waals surface area contributed by atoms with Crippen LogP contribution in [0.25, 0.3) is 0 Å². The van der Waals surface area contributed by atoms with Gasteiger partial charge in [-0.15, -0.1) is 24.0 Å². The first-order chi connectivity index (χ1) is 12.2. The number of aliphatic imine (C=N–C) groups is 1.